The first-order valence-electron chi connectivity index (χ1n) is 6.74. The third kappa shape index (κ3) is 4.23. The van der Waals surface area contributed by atoms with Gasteiger partial charge >= 0.3 is 0 Å². The van der Waals surface area contributed by atoms with E-state index in [1.165, 1.54) is 0 Å². The molecular weight excluding hydrogens is 228 g/mol. The summed E-state index contributed by atoms with van der Waals surface area (Å²) in [6, 6.07) is -0.0370. The van der Waals surface area contributed by atoms with Gasteiger partial charge in [-0.3, -0.25) is 9.69 Å². The largest absolute Gasteiger partial charge is 0.353 e. The molecule has 1 heterocycles. The lowest BCUT2D eigenvalue weighted by molar-refractivity contribution is -0.126. The number of likely N-dealkylation sites (N-methyl/N-ethyl adjacent to an activating group) is 1. The average Bonchev–Trinajstić information content (AvgIpc) is 2.36. The zero-order chi connectivity index (χ0) is 13.8. The van der Waals surface area contributed by atoms with Crippen LogP contribution < -0.4 is 10.6 Å². The molecule has 106 valence electrons. The molecule has 0 bridgehead atoms. The Balaban J connectivity index is 2.40. The summed E-state index contributed by atoms with van der Waals surface area (Å²) in [6.07, 6.45) is 0. The van der Waals surface area contributed by atoms with Crippen molar-refractivity contribution >= 4 is 5.91 Å². The SMILES string of the molecule is CC(C(=O)NCC(C)(C)N(C)C)N1CCNCC1. The molecule has 1 fully saturated rings. The van der Waals surface area contributed by atoms with Gasteiger partial charge in [-0.1, -0.05) is 0 Å². The molecule has 0 saturated carbocycles. The molecular formula is C13H28N4O. The summed E-state index contributed by atoms with van der Waals surface area (Å²) in [6.45, 7) is 10.8. The van der Waals surface area contributed by atoms with E-state index in [1.807, 2.05) is 21.0 Å². The number of carbonyl (C=O) groups is 1. The number of nitrogens with zero attached hydrogens (tertiary/aromatic N) is 2. The number of hydrogen-bond acceptors (Lipinski definition) is 4. The highest BCUT2D eigenvalue weighted by Gasteiger charge is 2.25. The van der Waals surface area contributed by atoms with Gasteiger partial charge in [-0.15, -0.1) is 0 Å². The normalized spacial score (nSPS) is 19.9. The zero-order valence-electron chi connectivity index (χ0n) is 12.4. The van der Waals surface area contributed by atoms with Gasteiger partial charge in [0, 0.05) is 38.3 Å². The Kier molecular flexibility index (Phi) is 5.56. The van der Waals surface area contributed by atoms with Crippen LogP contribution in [0, 0.1) is 0 Å². The van der Waals surface area contributed by atoms with Gasteiger partial charge in [0.15, 0.2) is 0 Å². The molecule has 5 heteroatoms. The van der Waals surface area contributed by atoms with Crippen molar-refractivity contribution in [3.05, 3.63) is 0 Å². The van der Waals surface area contributed by atoms with Crippen LogP contribution in [0.25, 0.3) is 0 Å². The van der Waals surface area contributed by atoms with Gasteiger partial charge in [-0.2, -0.15) is 0 Å². The maximum Gasteiger partial charge on any atom is 0.237 e. The van der Waals surface area contributed by atoms with E-state index in [-0.39, 0.29) is 17.5 Å². The van der Waals surface area contributed by atoms with Crippen molar-refractivity contribution in [3.63, 3.8) is 0 Å². The van der Waals surface area contributed by atoms with Crippen molar-refractivity contribution in [2.24, 2.45) is 0 Å². The minimum atomic E-state index is -0.0370. The Morgan fingerprint density at radius 2 is 1.94 bits per heavy atom. The van der Waals surface area contributed by atoms with Gasteiger partial charge in [-0.25, -0.2) is 0 Å². The second-order valence-electron chi connectivity index (χ2n) is 5.89. The summed E-state index contributed by atoms with van der Waals surface area (Å²) < 4.78 is 0. The van der Waals surface area contributed by atoms with Crippen molar-refractivity contribution in [1.82, 2.24) is 20.4 Å². The topological polar surface area (TPSA) is 47.6 Å². The first kappa shape index (κ1) is 15.4. The summed E-state index contributed by atoms with van der Waals surface area (Å²) in [5.41, 5.74) is -0.0150. The van der Waals surface area contributed by atoms with Crippen molar-refractivity contribution in [1.29, 1.82) is 0 Å². The van der Waals surface area contributed by atoms with Gasteiger partial charge in [0.1, 0.15) is 0 Å². The number of hydrogen-bond donors (Lipinski definition) is 2. The first-order chi connectivity index (χ1) is 8.34. The maximum atomic E-state index is 12.1. The molecule has 1 saturated heterocycles. The lowest BCUT2D eigenvalue weighted by Crippen LogP contribution is -2.55. The molecule has 5 nitrogen and oxygen atoms in total. The minimum absolute atomic E-state index is 0.0150. The molecule has 1 unspecified atom stereocenters. The van der Waals surface area contributed by atoms with E-state index >= 15 is 0 Å². The highest BCUT2D eigenvalue weighted by molar-refractivity contribution is 5.81. The molecule has 0 spiro atoms. The Bertz CT molecular complexity index is 272. The molecule has 1 amide bonds. The van der Waals surface area contributed by atoms with E-state index in [0.717, 1.165) is 26.2 Å². The summed E-state index contributed by atoms with van der Waals surface area (Å²) in [4.78, 5) is 16.5. The van der Waals surface area contributed by atoms with E-state index in [1.54, 1.807) is 0 Å². The third-order valence-corrected chi connectivity index (χ3v) is 3.98. The maximum absolute atomic E-state index is 12.1. The second kappa shape index (κ2) is 6.50. The molecule has 1 rings (SSSR count). The van der Waals surface area contributed by atoms with E-state index < -0.39 is 0 Å². The smallest absolute Gasteiger partial charge is 0.237 e. The van der Waals surface area contributed by atoms with Gasteiger partial charge in [-0.05, 0) is 34.9 Å². The summed E-state index contributed by atoms with van der Waals surface area (Å²) in [5, 5.41) is 6.36. The Hall–Kier alpha value is -0.650. The molecule has 18 heavy (non-hydrogen) atoms. The molecule has 0 radical (unpaired) electrons. The van der Waals surface area contributed by atoms with Gasteiger partial charge < -0.3 is 15.5 Å². The lowest BCUT2D eigenvalue weighted by atomic mass is 10.0. The summed E-state index contributed by atoms with van der Waals surface area (Å²) in [7, 11) is 4.07. The van der Waals surface area contributed by atoms with Gasteiger partial charge in [0.25, 0.3) is 0 Å². The first-order valence-corrected chi connectivity index (χ1v) is 6.74. The number of piperazine rings is 1. The number of rotatable bonds is 5. The molecule has 0 aliphatic carbocycles. The Morgan fingerprint density at radius 1 is 1.39 bits per heavy atom. The summed E-state index contributed by atoms with van der Waals surface area (Å²) in [5.74, 6) is 0.131. The lowest BCUT2D eigenvalue weighted by Gasteiger charge is -2.35. The molecule has 1 atom stereocenters. The molecule has 2 N–H and O–H groups in total. The Morgan fingerprint density at radius 3 is 2.44 bits per heavy atom. The van der Waals surface area contributed by atoms with Gasteiger partial charge in [0.2, 0.25) is 5.91 Å². The van der Waals surface area contributed by atoms with Crippen LogP contribution in [0.5, 0.6) is 0 Å². The fourth-order valence-corrected chi connectivity index (χ4v) is 1.84. The Labute approximate surface area is 111 Å². The van der Waals surface area contributed by atoms with E-state index in [4.69, 9.17) is 0 Å². The summed E-state index contributed by atoms with van der Waals surface area (Å²) >= 11 is 0. The molecule has 1 aliphatic heterocycles. The standard InChI is InChI=1S/C13H28N4O/c1-11(17-8-6-14-7-9-17)12(18)15-10-13(2,3)16(4)5/h11,14H,6-10H2,1-5H3,(H,15,18). The van der Waals surface area contributed by atoms with Crippen molar-refractivity contribution in [3.8, 4) is 0 Å². The van der Waals surface area contributed by atoms with E-state index in [9.17, 15) is 4.79 Å². The molecule has 0 aromatic carbocycles. The van der Waals surface area contributed by atoms with Crippen LogP contribution in [0.1, 0.15) is 20.8 Å². The van der Waals surface area contributed by atoms with Crippen molar-refractivity contribution in [2.75, 3.05) is 46.8 Å². The highest BCUT2D eigenvalue weighted by atomic mass is 16.2. The van der Waals surface area contributed by atoms with Crippen LogP contribution in [0.15, 0.2) is 0 Å². The predicted molar refractivity (Wildman–Crippen MR) is 74.7 cm³/mol. The fourth-order valence-electron chi connectivity index (χ4n) is 1.84. The van der Waals surface area contributed by atoms with Crippen LogP contribution in [0.2, 0.25) is 0 Å². The predicted octanol–water partition coefficient (Wildman–Crippen LogP) is -0.263. The monoisotopic (exact) mass is 256 g/mol. The third-order valence-electron chi connectivity index (χ3n) is 3.98. The highest BCUT2D eigenvalue weighted by Crippen LogP contribution is 2.08. The van der Waals surface area contributed by atoms with Crippen molar-refractivity contribution < 1.29 is 4.79 Å². The van der Waals surface area contributed by atoms with Crippen LogP contribution in [-0.4, -0.2) is 74.1 Å². The number of carbonyl (C=O) groups excluding carboxylic acids is 1. The van der Waals surface area contributed by atoms with Crippen LogP contribution >= 0.6 is 0 Å². The molecule has 1 aliphatic rings. The van der Waals surface area contributed by atoms with Crippen LogP contribution in [-0.2, 0) is 4.79 Å². The average molecular weight is 256 g/mol. The zero-order valence-corrected chi connectivity index (χ0v) is 12.4. The second-order valence-corrected chi connectivity index (χ2v) is 5.89. The van der Waals surface area contributed by atoms with E-state index in [2.05, 4.69) is 34.3 Å². The molecule has 0 aromatic heterocycles. The number of nitrogens with one attached hydrogen (secondary N) is 2. The van der Waals surface area contributed by atoms with Crippen molar-refractivity contribution in [2.45, 2.75) is 32.4 Å². The van der Waals surface area contributed by atoms with Gasteiger partial charge in [0.05, 0.1) is 6.04 Å². The fraction of sp³-hybridized carbons (Fsp3) is 0.923. The van der Waals surface area contributed by atoms with E-state index in [0.29, 0.717) is 6.54 Å². The quantitative estimate of drug-likeness (QED) is 0.711. The van der Waals surface area contributed by atoms with Crippen LogP contribution in [0.3, 0.4) is 0 Å². The minimum Gasteiger partial charge on any atom is -0.353 e. The molecule has 0 aromatic rings. The number of amides is 1. The van der Waals surface area contributed by atoms with Crippen LogP contribution in [0.4, 0.5) is 0 Å².